The van der Waals surface area contributed by atoms with Crippen molar-refractivity contribution in [3.8, 4) is 5.75 Å². The van der Waals surface area contributed by atoms with Crippen LogP contribution in [0.15, 0.2) is 53.4 Å². The van der Waals surface area contributed by atoms with E-state index in [9.17, 15) is 18.0 Å². The van der Waals surface area contributed by atoms with Crippen molar-refractivity contribution in [3.63, 3.8) is 0 Å². The average molecular weight is 453 g/mol. The number of anilines is 1. The van der Waals surface area contributed by atoms with Gasteiger partial charge in [0.15, 0.2) is 0 Å². The third-order valence-corrected chi connectivity index (χ3v) is 6.55. The topological polar surface area (TPSA) is 41.6 Å². The molecule has 0 saturated heterocycles. The Labute approximate surface area is 184 Å². The fourth-order valence-electron chi connectivity index (χ4n) is 4.74. The Kier molecular flexibility index (Phi) is 6.06. The first-order valence-electron chi connectivity index (χ1n) is 10.3. The zero-order valence-electron chi connectivity index (χ0n) is 17.1. The molecular weight excluding hydrogens is 429 g/mol. The van der Waals surface area contributed by atoms with Crippen LogP contribution >= 0.6 is 11.6 Å². The van der Waals surface area contributed by atoms with Crippen LogP contribution in [0.5, 0.6) is 5.75 Å². The molecule has 0 aromatic heterocycles. The van der Waals surface area contributed by atoms with Crippen molar-refractivity contribution in [2.45, 2.75) is 37.9 Å². The first-order valence-corrected chi connectivity index (χ1v) is 10.7. The van der Waals surface area contributed by atoms with Crippen molar-refractivity contribution in [1.82, 2.24) is 5.32 Å². The fourth-order valence-corrected chi connectivity index (χ4v) is 4.92. The van der Waals surface area contributed by atoms with Gasteiger partial charge in [-0.1, -0.05) is 23.8 Å². The van der Waals surface area contributed by atoms with E-state index < -0.39 is 17.9 Å². The molecule has 0 bridgehead atoms. The van der Waals surface area contributed by atoms with Gasteiger partial charge in [0, 0.05) is 42.7 Å². The molecule has 4 rings (SSSR count). The zero-order valence-corrected chi connectivity index (χ0v) is 17.8. The van der Waals surface area contributed by atoms with Crippen LogP contribution in [-0.4, -0.2) is 31.7 Å². The third-order valence-electron chi connectivity index (χ3n) is 6.33. The molecule has 0 spiro atoms. The number of alkyl halides is 3. The maximum absolute atomic E-state index is 13.1. The van der Waals surface area contributed by atoms with E-state index in [-0.39, 0.29) is 24.8 Å². The molecule has 3 unspecified atom stereocenters. The Bertz CT molecular complexity index is 955. The highest BCUT2D eigenvalue weighted by molar-refractivity contribution is 6.29. The molecule has 1 aromatic rings. The van der Waals surface area contributed by atoms with Gasteiger partial charge in [-0.25, -0.2) is 0 Å². The SMILES string of the molecule is CN(c1ccc2c(c1)CCO2)C1CCC(C(=O)C(F)(F)F)CC1C1=CC=CC=C(Cl)N1. The first-order chi connectivity index (χ1) is 14.7. The molecular formula is C23H24ClF3N2O2. The lowest BCUT2D eigenvalue weighted by atomic mass is 9.73. The number of halogens is 4. The van der Waals surface area contributed by atoms with Gasteiger partial charge in [0.2, 0.25) is 5.78 Å². The predicted molar refractivity (Wildman–Crippen MR) is 114 cm³/mol. The highest BCUT2D eigenvalue weighted by Crippen LogP contribution is 2.41. The molecule has 3 atom stereocenters. The van der Waals surface area contributed by atoms with E-state index in [1.807, 2.05) is 25.3 Å². The summed E-state index contributed by atoms with van der Waals surface area (Å²) in [5.41, 5.74) is 2.82. The Balaban J connectivity index is 1.63. The number of ketones is 1. The summed E-state index contributed by atoms with van der Waals surface area (Å²) < 4.78 is 45.0. The lowest BCUT2D eigenvalue weighted by Crippen LogP contribution is -2.47. The molecule has 1 fully saturated rings. The van der Waals surface area contributed by atoms with Crippen LogP contribution in [0.4, 0.5) is 18.9 Å². The second kappa shape index (κ2) is 8.61. The predicted octanol–water partition coefficient (Wildman–Crippen LogP) is 5.10. The van der Waals surface area contributed by atoms with Gasteiger partial charge in [0.1, 0.15) is 10.9 Å². The Morgan fingerprint density at radius 2 is 2.00 bits per heavy atom. The molecule has 0 amide bonds. The van der Waals surface area contributed by atoms with E-state index in [0.29, 0.717) is 18.2 Å². The summed E-state index contributed by atoms with van der Waals surface area (Å²) >= 11 is 6.20. The Morgan fingerprint density at radius 3 is 2.77 bits per heavy atom. The van der Waals surface area contributed by atoms with Crippen LogP contribution in [0.2, 0.25) is 0 Å². The lowest BCUT2D eigenvalue weighted by molar-refractivity contribution is -0.177. The highest BCUT2D eigenvalue weighted by atomic mass is 35.5. The number of carbonyl (C=O) groups is 1. The van der Waals surface area contributed by atoms with E-state index in [1.54, 1.807) is 18.2 Å². The number of rotatable bonds is 4. The van der Waals surface area contributed by atoms with Crippen molar-refractivity contribution < 1.29 is 22.7 Å². The molecule has 3 aliphatic rings. The van der Waals surface area contributed by atoms with Crippen molar-refractivity contribution in [2.75, 3.05) is 18.6 Å². The largest absolute Gasteiger partial charge is 0.493 e. The summed E-state index contributed by atoms with van der Waals surface area (Å²) in [5.74, 6) is -2.13. The molecule has 31 heavy (non-hydrogen) atoms. The molecule has 0 radical (unpaired) electrons. The first kappa shape index (κ1) is 21.8. The summed E-state index contributed by atoms with van der Waals surface area (Å²) in [5, 5.41) is 3.50. The fraction of sp³-hybridized carbons (Fsp3) is 0.435. The monoisotopic (exact) mass is 452 g/mol. The highest BCUT2D eigenvalue weighted by Gasteiger charge is 2.47. The number of hydrogen-bond donors (Lipinski definition) is 1. The van der Waals surface area contributed by atoms with Gasteiger partial charge in [-0.15, -0.1) is 0 Å². The van der Waals surface area contributed by atoms with Gasteiger partial charge in [-0.2, -0.15) is 13.2 Å². The van der Waals surface area contributed by atoms with Crippen LogP contribution in [0.1, 0.15) is 24.8 Å². The summed E-state index contributed by atoms with van der Waals surface area (Å²) in [6, 6.07) is 5.89. The summed E-state index contributed by atoms with van der Waals surface area (Å²) in [4.78, 5) is 14.1. The van der Waals surface area contributed by atoms with Crippen LogP contribution in [0, 0.1) is 11.8 Å². The molecule has 1 N–H and O–H groups in total. The summed E-state index contributed by atoms with van der Waals surface area (Å²) in [6.45, 7) is 0.657. The maximum atomic E-state index is 13.1. The molecule has 166 valence electrons. The van der Waals surface area contributed by atoms with E-state index >= 15 is 0 Å². The summed E-state index contributed by atoms with van der Waals surface area (Å²) in [6.07, 6.45) is 3.87. The molecule has 4 nitrogen and oxygen atoms in total. The van der Waals surface area contributed by atoms with Crippen LogP contribution < -0.4 is 15.0 Å². The van der Waals surface area contributed by atoms with E-state index in [4.69, 9.17) is 16.3 Å². The minimum absolute atomic E-state index is 0.0904. The molecule has 2 heterocycles. The third kappa shape index (κ3) is 4.61. The Morgan fingerprint density at radius 1 is 1.23 bits per heavy atom. The molecule has 1 saturated carbocycles. The van der Waals surface area contributed by atoms with Gasteiger partial charge in [0.25, 0.3) is 0 Å². The maximum Gasteiger partial charge on any atom is 0.450 e. The summed E-state index contributed by atoms with van der Waals surface area (Å²) in [7, 11) is 1.95. The van der Waals surface area contributed by atoms with Crippen LogP contribution in [-0.2, 0) is 11.2 Å². The smallest absolute Gasteiger partial charge is 0.450 e. The minimum Gasteiger partial charge on any atom is -0.493 e. The number of nitrogens with zero attached hydrogens (tertiary/aromatic N) is 1. The van der Waals surface area contributed by atoms with Crippen molar-refractivity contribution in [2.24, 2.45) is 11.8 Å². The minimum atomic E-state index is -4.82. The zero-order chi connectivity index (χ0) is 22.2. The standard InChI is InChI=1S/C23H24ClF3N2O2/c1-29(16-7-9-20-14(12-16)10-11-31-20)19-8-6-15(22(30)23(25,26)27)13-17(19)18-4-2-3-5-21(24)28-18/h2-5,7,9,12,15,17,19,28H,6,8,10-11,13H2,1H3. The number of benzene rings is 1. The number of Topliss-reactive ketones (excluding diaryl/α,β-unsaturated/α-hetero) is 1. The van der Waals surface area contributed by atoms with Gasteiger partial charge < -0.3 is 15.0 Å². The number of fused-ring (bicyclic) bond motifs is 1. The van der Waals surface area contributed by atoms with Gasteiger partial charge >= 0.3 is 6.18 Å². The van der Waals surface area contributed by atoms with Gasteiger partial charge in [-0.3, -0.25) is 4.79 Å². The number of carbonyl (C=O) groups excluding carboxylic acids is 1. The van der Waals surface area contributed by atoms with Crippen molar-refractivity contribution >= 4 is 23.1 Å². The normalized spacial score (nSPS) is 25.5. The van der Waals surface area contributed by atoms with E-state index in [0.717, 1.165) is 29.1 Å². The van der Waals surface area contributed by atoms with Crippen LogP contribution in [0.25, 0.3) is 0 Å². The van der Waals surface area contributed by atoms with E-state index in [1.165, 1.54) is 0 Å². The second-order valence-corrected chi connectivity index (χ2v) is 8.60. The van der Waals surface area contributed by atoms with Crippen molar-refractivity contribution in [1.29, 1.82) is 0 Å². The lowest BCUT2D eigenvalue weighted by Gasteiger charge is -2.43. The van der Waals surface area contributed by atoms with Gasteiger partial charge in [-0.05, 0) is 55.2 Å². The van der Waals surface area contributed by atoms with Crippen molar-refractivity contribution in [3.05, 3.63) is 58.9 Å². The number of nitrogens with one attached hydrogen (secondary N) is 1. The molecule has 8 heteroatoms. The number of allylic oxidation sites excluding steroid dienone is 4. The molecule has 1 aromatic carbocycles. The molecule has 2 aliphatic heterocycles. The second-order valence-electron chi connectivity index (χ2n) is 8.19. The average Bonchev–Trinajstić information content (AvgIpc) is 3.11. The Hall–Kier alpha value is -2.41. The van der Waals surface area contributed by atoms with Crippen LogP contribution in [0.3, 0.4) is 0 Å². The van der Waals surface area contributed by atoms with E-state index in [2.05, 4.69) is 16.3 Å². The molecule has 1 aliphatic carbocycles. The number of hydrogen-bond acceptors (Lipinski definition) is 4. The van der Waals surface area contributed by atoms with Gasteiger partial charge in [0.05, 0.1) is 6.61 Å². The quantitative estimate of drug-likeness (QED) is 0.645. The number of ether oxygens (including phenoxy) is 1.